The first kappa shape index (κ1) is 20.8. The van der Waals surface area contributed by atoms with E-state index in [9.17, 15) is 14.7 Å². The normalized spacial score (nSPS) is 16.0. The summed E-state index contributed by atoms with van der Waals surface area (Å²) in [4.78, 5) is 28.3. The Balaban J connectivity index is 1.55. The number of carbonyl (C=O) groups is 2. The molecule has 9 heteroatoms. The lowest BCUT2D eigenvalue weighted by Crippen LogP contribution is -2.19. The van der Waals surface area contributed by atoms with E-state index in [-0.39, 0.29) is 11.5 Å². The van der Waals surface area contributed by atoms with Crippen LogP contribution in [0.5, 0.6) is 5.75 Å². The lowest BCUT2D eigenvalue weighted by atomic mass is 10.1. The molecule has 4 rings (SSSR count). The number of amidine groups is 1. The molecule has 0 atom stereocenters. The Morgan fingerprint density at radius 2 is 1.97 bits per heavy atom. The van der Waals surface area contributed by atoms with Crippen LogP contribution in [-0.2, 0) is 4.79 Å². The molecule has 0 bridgehead atoms. The fraction of sp³-hybridized carbons (Fsp3) is 0.0455. The minimum Gasteiger partial charge on any atom is -0.497 e. The molecule has 31 heavy (non-hydrogen) atoms. The molecule has 1 aliphatic rings. The summed E-state index contributed by atoms with van der Waals surface area (Å²) in [5, 5.41) is 12.7. The van der Waals surface area contributed by atoms with Crippen molar-refractivity contribution in [3.63, 3.8) is 0 Å². The number of methoxy groups -OCH3 is 1. The summed E-state index contributed by atoms with van der Waals surface area (Å²) in [6.45, 7) is 0. The molecule has 1 fully saturated rings. The summed E-state index contributed by atoms with van der Waals surface area (Å²) in [6.07, 6.45) is 1.59. The van der Waals surface area contributed by atoms with Crippen LogP contribution in [0.1, 0.15) is 16.1 Å². The van der Waals surface area contributed by atoms with Gasteiger partial charge in [0.25, 0.3) is 5.91 Å². The van der Waals surface area contributed by atoms with Gasteiger partial charge in [0.05, 0.1) is 28.3 Å². The zero-order valence-electron chi connectivity index (χ0n) is 16.1. The van der Waals surface area contributed by atoms with E-state index < -0.39 is 5.97 Å². The van der Waals surface area contributed by atoms with Crippen molar-refractivity contribution >= 4 is 52.2 Å². The Kier molecular flexibility index (Phi) is 5.83. The summed E-state index contributed by atoms with van der Waals surface area (Å²) >= 11 is 7.38. The van der Waals surface area contributed by atoms with E-state index in [0.717, 1.165) is 5.75 Å². The minimum absolute atomic E-state index is 0.0980. The number of amides is 1. The third-order valence-electron chi connectivity index (χ3n) is 4.33. The first-order valence-electron chi connectivity index (χ1n) is 8.99. The van der Waals surface area contributed by atoms with Crippen LogP contribution < -0.4 is 10.1 Å². The number of rotatable bonds is 5. The van der Waals surface area contributed by atoms with Crippen molar-refractivity contribution in [3.8, 4) is 17.1 Å². The average Bonchev–Trinajstić information content (AvgIpc) is 3.35. The van der Waals surface area contributed by atoms with E-state index in [1.165, 1.54) is 30.0 Å². The lowest BCUT2D eigenvalue weighted by molar-refractivity contribution is -0.115. The zero-order valence-corrected chi connectivity index (χ0v) is 17.7. The second-order valence-electron chi connectivity index (χ2n) is 6.38. The van der Waals surface area contributed by atoms with Gasteiger partial charge in [-0.25, -0.2) is 9.79 Å². The smallest absolute Gasteiger partial charge is 0.335 e. The highest BCUT2D eigenvalue weighted by atomic mass is 35.5. The number of aromatic carboxylic acids is 1. The van der Waals surface area contributed by atoms with Crippen LogP contribution in [0.2, 0.25) is 5.02 Å². The van der Waals surface area contributed by atoms with E-state index in [1.54, 1.807) is 49.6 Å². The second-order valence-corrected chi connectivity index (χ2v) is 7.82. The van der Waals surface area contributed by atoms with Crippen molar-refractivity contribution in [1.29, 1.82) is 0 Å². The summed E-state index contributed by atoms with van der Waals surface area (Å²) in [6, 6.07) is 14.9. The molecule has 0 unspecified atom stereocenters. The van der Waals surface area contributed by atoms with Crippen LogP contribution in [0, 0.1) is 0 Å². The molecule has 2 heterocycles. The Labute approximate surface area is 186 Å². The predicted molar refractivity (Wildman–Crippen MR) is 120 cm³/mol. The molecule has 0 radical (unpaired) electrons. The molecule has 2 aromatic carbocycles. The molecule has 2 N–H and O–H groups in total. The molecular formula is C22H15ClN2O5S. The maximum atomic E-state index is 12.3. The number of hydrogen-bond acceptors (Lipinski definition) is 6. The summed E-state index contributed by atoms with van der Waals surface area (Å²) in [5.74, 6) is 0.191. The van der Waals surface area contributed by atoms with Crippen LogP contribution >= 0.6 is 23.4 Å². The van der Waals surface area contributed by atoms with Gasteiger partial charge in [-0.15, -0.1) is 0 Å². The highest BCUT2D eigenvalue weighted by molar-refractivity contribution is 8.18. The Morgan fingerprint density at radius 3 is 2.68 bits per heavy atom. The third kappa shape index (κ3) is 4.65. The predicted octanol–water partition coefficient (Wildman–Crippen LogP) is 5.20. The number of halogens is 1. The maximum Gasteiger partial charge on any atom is 0.335 e. The third-order valence-corrected chi connectivity index (χ3v) is 5.57. The number of hydrogen-bond donors (Lipinski definition) is 2. The molecule has 156 valence electrons. The number of aliphatic imine (C=N–C) groups is 1. The van der Waals surface area contributed by atoms with Gasteiger partial charge in [0.15, 0.2) is 5.17 Å². The quantitative estimate of drug-likeness (QED) is 0.514. The molecule has 1 aromatic heterocycles. The lowest BCUT2D eigenvalue weighted by Gasteiger charge is -2.02. The van der Waals surface area contributed by atoms with Gasteiger partial charge in [0.1, 0.15) is 17.3 Å². The van der Waals surface area contributed by atoms with Gasteiger partial charge >= 0.3 is 5.97 Å². The molecule has 0 spiro atoms. The number of carboxylic acids is 1. The molecule has 1 amide bonds. The largest absolute Gasteiger partial charge is 0.497 e. The number of carboxylic acid groups (broad SMARTS) is 1. The number of benzene rings is 2. The van der Waals surface area contributed by atoms with Gasteiger partial charge in [-0.3, -0.25) is 4.79 Å². The zero-order chi connectivity index (χ0) is 22.0. The topological polar surface area (TPSA) is 101 Å². The average molecular weight is 455 g/mol. The van der Waals surface area contributed by atoms with Gasteiger partial charge in [-0.1, -0.05) is 11.6 Å². The van der Waals surface area contributed by atoms with E-state index in [1.807, 2.05) is 0 Å². The van der Waals surface area contributed by atoms with E-state index >= 15 is 0 Å². The van der Waals surface area contributed by atoms with Gasteiger partial charge in [0, 0.05) is 11.6 Å². The standard InChI is InChI=1S/C22H15ClN2O5S/c1-29-14-5-3-13(4-6-14)24-22-25-20(26)19(31-22)11-15-7-9-18(30-15)16-10-12(21(27)28)2-8-17(16)23/h2-11H,1H3,(H,27,28)(H,24,25,26)/b19-11-. The summed E-state index contributed by atoms with van der Waals surface area (Å²) < 4.78 is 10.9. The van der Waals surface area contributed by atoms with Gasteiger partial charge in [-0.05, 0) is 66.4 Å². The number of nitrogens with one attached hydrogen (secondary N) is 1. The van der Waals surface area contributed by atoms with Gasteiger partial charge in [0.2, 0.25) is 0 Å². The Morgan fingerprint density at radius 1 is 1.19 bits per heavy atom. The number of furan rings is 1. The highest BCUT2D eigenvalue weighted by Crippen LogP contribution is 2.33. The van der Waals surface area contributed by atoms with Crippen LogP contribution in [0.25, 0.3) is 17.4 Å². The molecular weight excluding hydrogens is 440 g/mol. The number of thioether (sulfide) groups is 1. The highest BCUT2D eigenvalue weighted by Gasteiger charge is 2.24. The number of nitrogens with zero attached hydrogens (tertiary/aromatic N) is 1. The van der Waals surface area contributed by atoms with Crippen LogP contribution in [0.3, 0.4) is 0 Å². The fourth-order valence-electron chi connectivity index (χ4n) is 2.81. The molecule has 0 aliphatic carbocycles. The Bertz CT molecular complexity index is 1230. The summed E-state index contributed by atoms with van der Waals surface area (Å²) in [5.41, 5.74) is 1.23. The summed E-state index contributed by atoms with van der Waals surface area (Å²) in [7, 11) is 1.59. The fourth-order valence-corrected chi connectivity index (χ4v) is 3.84. The first-order valence-corrected chi connectivity index (χ1v) is 10.2. The van der Waals surface area contributed by atoms with Crippen LogP contribution in [0.15, 0.2) is 68.9 Å². The molecule has 1 aliphatic heterocycles. The van der Waals surface area contributed by atoms with Crippen molar-refractivity contribution in [1.82, 2.24) is 5.32 Å². The molecule has 7 nitrogen and oxygen atoms in total. The van der Waals surface area contributed by atoms with E-state index in [2.05, 4.69) is 10.3 Å². The van der Waals surface area contributed by atoms with E-state index in [4.69, 9.17) is 20.8 Å². The van der Waals surface area contributed by atoms with Crippen LogP contribution in [-0.4, -0.2) is 29.3 Å². The molecule has 1 saturated heterocycles. The SMILES string of the molecule is COc1ccc(N=C2NC(=O)/C(=C/c3ccc(-c4cc(C(=O)O)ccc4Cl)o3)S2)cc1. The van der Waals surface area contributed by atoms with Crippen LogP contribution in [0.4, 0.5) is 5.69 Å². The monoisotopic (exact) mass is 454 g/mol. The van der Waals surface area contributed by atoms with Gasteiger partial charge in [-0.2, -0.15) is 0 Å². The number of carbonyl (C=O) groups excluding carboxylic acids is 1. The first-order chi connectivity index (χ1) is 14.9. The van der Waals surface area contributed by atoms with E-state index in [0.29, 0.717) is 37.9 Å². The molecule has 0 saturated carbocycles. The van der Waals surface area contributed by atoms with Crippen molar-refractivity contribution < 1.29 is 23.8 Å². The molecule has 3 aromatic rings. The number of ether oxygens (including phenoxy) is 1. The second kappa shape index (κ2) is 8.71. The van der Waals surface area contributed by atoms with Crippen molar-refractivity contribution in [2.24, 2.45) is 4.99 Å². The maximum absolute atomic E-state index is 12.3. The van der Waals surface area contributed by atoms with Crippen molar-refractivity contribution in [2.45, 2.75) is 0 Å². The van der Waals surface area contributed by atoms with Crippen molar-refractivity contribution in [3.05, 3.63) is 75.8 Å². The minimum atomic E-state index is -1.06. The van der Waals surface area contributed by atoms with Crippen molar-refractivity contribution in [2.75, 3.05) is 7.11 Å². The van der Waals surface area contributed by atoms with Gasteiger partial charge < -0.3 is 19.6 Å². The Hall–Kier alpha value is -3.49.